The average molecular weight is 455 g/mol. The Labute approximate surface area is 192 Å². The number of carbonyl (C=O) groups is 2. The number of aryl methyl sites for hydroxylation is 1. The van der Waals surface area contributed by atoms with Gasteiger partial charge in [-0.3, -0.25) is 4.79 Å². The Morgan fingerprint density at radius 1 is 1.30 bits per heavy atom. The van der Waals surface area contributed by atoms with Gasteiger partial charge in [0.05, 0.1) is 28.7 Å². The highest BCUT2D eigenvalue weighted by atomic mass is 16.6. The lowest BCUT2D eigenvalue weighted by Crippen LogP contribution is -2.36. The molecule has 0 radical (unpaired) electrons. The molecule has 1 aliphatic rings. The molecular weight excluding hydrogens is 424 g/mol. The van der Waals surface area contributed by atoms with Gasteiger partial charge in [-0.25, -0.2) is 9.31 Å². The number of amides is 2. The molecule has 3 N–H and O–H groups in total. The van der Waals surface area contributed by atoms with Crippen LogP contribution in [0, 0.1) is 12.8 Å². The summed E-state index contributed by atoms with van der Waals surface area (Å²) in [5.74, 6) is 0.201. The van der Waals surface area contributed by atoms with Gasteiger partial charge in [0.25, 0.3) is 5.91 Å². The fourth-order valence-electron chi connectivity index (χ4n) is 4.14. The van der Waals surface area contributed by atoms with Gasteiger partial charge in [-0.05, 0) is 46.1 Å². The lowest BCUT2D eigenvalue weighted by molar-refractivity contribution is 0.0287. The Kier molecular flexibility index (Phi) is 5.77. The molecule has 10 heteroatoms. The monoisotopic (exact) mass is 454 g/mol. The predicted molar refractivity (Wildman–Crippen MR) is 123 cm³/mol. The first-order valence-electron chi connectivity index (χ1n) is 11.0. The van der Waals surface area contributed by atoms with E-state index in [1.807, 2.05) is 46.0 Å². The van der Waals surface area contributed by atoms with Crippen LogP contribution in [-0.4, -0.2) is 56.4 Å². The highest BCUT2D eigenvalue weighted by Crippen LogP contribution is 2.32. The Morgan fingerprint density at radius 3 is 2.67 bits per heavy atom. The van der Waals surface area contributed by atoms with Gasteiger partial charge < -0.3 is 25.2 Å². The number of hydrogen-bond acceptors (Lipinski definition) is 7. The van der Waals surface area contributed by atoms with Crippen molar-refractivity contribution in [3.63, 3.8) is 0 Å². The highest BCUT2D eigenvalue weighted by Gasteiger charge is 2.37. The van der Waals surface area contributed by atoms with E-state index in [0.29, 0.717) is 30.1 Å². The van der Waals surface area contributed by atoms with E-state index in [1.54, 1.807) is 9.42 Å². The van der Waals surface area contributed by atoms with Crippen LogP contribution in [-0.2, 0) is 4.74 Å². The number of hydrogen-bond donors (Lipinski definition) is 2. The summed E-state index contributed by atoms with van der Waals surface area (Å²) in [6.07, 6.45) is 3.78. The van der Waals surface area contributed by atoms with Gasteiger partial charge in [0.1, 0.15) is 5.60 Å². The number of nitrogens with zero attached hydrogens (tertiary/aromatic N) is 4. The van der Waals surface area contributed by atoms with Crippen LogP contribution in [0.25, 0.3) is 16.8 Å². The third kappa shape index (κ3) is 4.64. The number of nitrogens with two attached hydrogens (primary N) is 1. The predicted octanol–water partition coefficient (Wildman–Crippen LogP) is 3.45. The van der Waals surface area contributed by atoms with Crippen molar-refractivity contribution in [1.29, 1.82) is 0 Å². The molecule has 176 valence electrons. The Balaban J connectivity index is 1.67. The molecule has 1 aliphatic heterocycles. The molecule has 3 aromatic heterocycles. The zero-order valence-electron chi connectivity index (χ0n) is 19.6. The van der Waals surface area contributed by atoms with Crippen LogP contribution in [0.5, 0.6) is 0 Å². The van der Waals surface area contributed by atoms with Gasteiger partial charge in [-0.15, -0.1) is 0 Å². The van der Waals surface area contributed by atoms with Gasteiger partial charge >= 0.3 is 6.09 Å². The Bertz CT molecular complexity index is 1190. The maximum atomic E-state index is 12.6. The van der Waals surface area contributed by atoms with Crippen LogP contribution >= 0.6 is 0 Å². The number of likely N-dealkylation sites (tertiary alicyclic amines) is 1. The number of primary amides is 1. The Morgan fingerprint density at radius 2 is 2.06 bits per heavy atom. The number of fused-ring (bicyclic) bond motifs is 1. The van der Waals surface area contributed by atoms with Crippen molar-refractivity contribution in [3.8, 4) is 11.3 Å². The smallest absolute Gasteiger partial charge is 0.410 e. The summed E-state index contributed by atoms with van der Waals surface area (Å²) in [6.45, 7) is 10.5. The zero-order chi connectivity index (χ0) is 23.9. The molecule has 10 nitrogen and oxygen atoms in total. The van der Waals surface area contributed by atoms with Crippen LogP contribution in [0.3, 0.4) is 0 Å². The summed E-state index contributed by atoms with van der Waals surface area (Å²) in [7, 11) is 0. The van der Waals surface area contributed by atoms with Crippen molar-refractivity contribution in [2.24, 2.45) is 11.7 Å². The van der Waals surface area contributed by atoms with E-state index >= 15 is 0 Å². The molecule has 2 unspecified atom stereocenters. The van der Waals surface area contributed by atoms with Gasteiger partial charge in [-0.1, -0.05) is 12.1 Å². The zero-order valence-corrected chi connectivity index (χ0v) is 19.6. The van der Waals surface area contributed by atoms with Crippen molar-refractivity contribution in [1.82, 2.24) is 19.7 Å². The second kappa shape index (κ2) is 8.42. The van der Waals surface area contributed by atoms with E-state index in [4.69, 9.17) is 15.0 Å². The van der Waals surface area contributed by atoms with E-state index in [-0.39, 0.29) is 23.6 Å². The average Bonchev–Trinajstić information content (AvgIpc) is 3.44. The molecule has 3 aromatic rings. The van der Waals surface area contributed by atoms with Crippen molar-refractivity contribution in [3.05, 3.63) is 35.8 Å². The number of anilines is 1. The standard InChI is InChI=1S/C23H30N6O4/c1-6-14-10-28(22(31)32-23(3,4)5)12-17(14)26-20-16(21(24)30)9-25-29-11-15(8-18(20)29)19-7-13(2)27-33-19/h7-9,11,14,17,26H,6,10,12H2,1-5H3,(H2,24,30). The minimum atomic E-state index is -0.583. The van der Waals surface area contributed by atoms with Crippen molar-refractivity contribution >= 4 is 23.2 Å². The molecule has 4 rings (SSSR count). The van der Waals surface area contributed by atoms with Gasteiger partial charge in [-0.2, -0.15) is 5.10 Å². The molecule has 2 atom stereocenters. The van der Waals surface area contributed by atoms with Crippen molar-refractivity contribution in [2.45, 2.75) is 52.7 Å². The molecular formula is C23H30N6O4. The van der Waals surface area contributed by atoms with Gasteiger partial charge in [0.15, 0.2) is 5.76 Å². The van der Waals surface area contributed by atoms with Crippen LogP contribution in [0.15, 0.2) is 29.0 Å². The molecule has 0 bridgehead atoms. The van der Waals surface area contributed by atoms with E-state index in [1.165, 1.54) is 6.20 Å². The quantitative estimate of drug-likeness (QED) is 0.604. The summed E-state index contributed by atoms with van der Waals surface area (Å²) in [5.41, 5.74) is 8.19. The molecule has 0 aromatic carbocycles. The van der Waals surface area contributed by atoms with E-state index in [0.717, 1.165) is 17.7 Å². The first-order valence-corrected chi connectivity index (χ1v) is 11.0. The molecule has 33 heavy (non-hydrogen) atoms. The summed E-state index contributed by atoms with van der Waals surface area (Å²) in [5, 5.41) is 11.8. The van der Waals surface area contributed by atoms with Crippen LogP contribution in [0.2, 0.25) is 0 Å². The fourth-order valence-corrected chi connectivity index (χ4v) is 4.14. The van der Waals surface area contributed by atoms with E-state index in [9.17, 15) is 9.59 Å². The topological polar surface area (TPSA) is 128 Å². The molecule has 1 saturated heterocycles. The maximum absolute atomic E-state index is 12.6. The van der Waals surface area contributed by atoms with Crippen LogP contribution in [0.1, 0.15) is 50.2 Å². The molecule has 4 heterocycles. The number of ether oxygens (including phenoxy) is 1. The number of nitrogens with one attached hydrogen (secondary N) is 1. The largest absolute Gasteiger partial charge is 0.444 e. The molecule has 1 fully saturated rings. The first-order chi connectivity index (χ1) is 15.6. The lowest BCUT2D eigenvalue weighted by atomic mass is 10.00. The minimum absolute atomic E-state index is 0.0855. The summed E-state index contributed by atoms with van der Waals surface area (Å²) >= 11 is 0. The molecule has 0 saturated carbocycles. The Hall–Kier alpha value is -3.56. The first kappa shape index (κ1) is 22.6. The van der Waals surface area contributed by atoms with E-state index < -0.39 is 11.5 Å². The number of aromatic nitrogens is 3. The van der Waals surface area contributed by atoms with E-state index in [2.05, 4.69) is 22.5 Å². The minimum Gasteiger partial charge on any atom is -0.444 e. The van der Waals surface area contributed by atoms with Crippen LogP contribution < -0.4 is 11.1 Å². The van der Waals surface area contributed by atoms with Crippen molar-refractivity contribution in [2.75, 3.05) is 18.4 Å². The second-order valence-corrected chi connectivity index (χ2v) is 9.49. The molecule has 2 amide bonds. The maximum Gasteiger partial charge on any atom is 0.410 e. The summed E-state index contributed by atoms with van der Waals surface area (Å²) in [4.78, 5) is 26.6. The highest BCUT2D eigenvalue weighted by molar-refractivity contribution is 6.02. The number of rotatable bonds is 5. The lowest BCUT2D eigenvalue weighted by Gasteiger charge is -2.24. The second-order valence-electron chi connectivity index (χ2n) is 9.49. The van der Waals surface area contributed by atoms with Gasteiger partial charge in [0, 0.05) is 37.0 Å². The SMILES string of the molecule is CCC1CN(C(=O)OC(C)(C)C)CC1Nc1c(C(N)=O)cnn2cc(-c3cc(C)no3)cc12. The molecule has 0 spiro atoms. The fraction of sp³-hybridized carbons (Fsp3) is 0.478. The molecule has 0 aliphatic carbocycles. The van der Waals surface area contributed by atoms with Crippen LogP contribution in [0.4, 0.5) is 10.5 Å². The third-order valence-corrected chi connectivity index (χ3v) is 5.76. The van der Waals surface area contributed by atoms with Gasteiger partial charge in [0.2, 0.25) is 0 Å². The summed E-state index contributed by atoms with van der Waals surface area (Å²) in [6, 6.07) is 3.63. The third-order valence-electron chi connectivity index (χ3n) is 5.76. The van der Waals surface area contributed by atoms with Crippen molar-refractivity contribution < 1.29 is 18.8 Å². The number of carbonyl (C=O) groups excluding carboxylic acids is 2. The normalized spacial score (nSPS) is 18.6. The summed E-state index contributed by atoms with van der Waals surface area (Å²) < 4.78 is 12.6.